The summed E-state index contributed by atoms with van der Waals surface area (Å²) in [4.78, 5) is 82.7. The largest absolute Gasteiger partial charge is 0.481 e. The van der Waals surface area contributed by atoms with E-state index in [1.807, 2.05) is 0 Å². The Morgan fingerprint density at radius 2 is 1.29 bits per heavy atom. The lowest BCUT2D eigenvalue weighted by atomic mass is 9.94. The van der Waals surface area contributed by atoms with Gasteiger partial charge in [0, 0.05) is 51.6 Å². The first-order chi connectivity index (χ1) is 27.7. The zero-order valence-corrected chi connectivity index (χ0v) is 34.8. The highest BCUT2D eigenvalue weighted by Crippen LogP contribution is 2.16. The fraction of sp³-hybridized carbons (Fsp3) is 0.789. The normalized spacial score (nSPS) is 13.4. The molecule has 0 aromatic rings. The van der Waals surface area contributed by atoms with Crippen molar-refractivity contribution in [3.63, 3.8) is 0 Å². The molecule has 2 atom stereocenters. The van der Waals surface area contributed by atoms with Gasteiger partial charge in [0.05, 0.1) is 24.9 Å². The van der Waals surface area contributed by atoms with E-state index in [-0.39, 0.29) is 94.9 Å². The van der Waals surface area contributed by atoms with Crippen LogP contribution in [0.3, 0.4) is 0 Å². The Kier molecular flexibility index (Phi) is 28.6. The van der Waals surface area contributed by atoms with E-state index in [1.165, 1.54) is 39.0 Å². The van der Waals surface area contributed by atoms with Crippen LogP contribution < -0.4 is 26.5 Å². The molecule has 1 rings (SSSR count). The Hall–Kier alpha value is -4.01. The summed E-state index contributed by atoms with van der Waals surface area (Å²) in [6, 6.07) is -1.39. The number of carbonyl (C=O) groups excluding carboxylic acids is 5. The van der Waals surface area contributed by atoms with Gasteiger partial charge < -0.3 is 29.8 Å². The highest BCUT2D eigenvalue weighted by Gasteiger charge is 2.25. The van der Waals surface area contributed by atoms with Gasteiger partial charge in [-0.15, -0.1) is 10.6 Å². The van der Waals surface area contributed by atoms with Crippen molar-refractivity contribution in [2.24, 2.45) is 11.0 Å². The summed E-state index contributed by atoms with van der Waals surface area (Å²) >= 11 is 0. The highest BCUT2D eigenvalue weighted by atomic mass is 32.2. The van der Waals surface area contributed by atoms with Gasteiger partial charge in [0.2, 0.25) is 21.8 Å². The number of hydrazone groups is 1. The van der Waals surface area contributed by atoms with Crippen molar-refractivity contribution in [2.45, 2.75) is 154 Å². The quantitative estimate of drug-likeness (QED) is 0.0438. The molecule has 0 saturated heterocycles. The minimum Gasteiger partial charge on any atom is -0.481 e. The molecule has 0 spiro atoms. The molecule has 1 aliphatic rings. The smallest absolute Gasteiger partial charge is 0.326 e. The van der Waals surface area contributed by atoms with E-state index < -0.39 is 58.1 Å². The monoisotopic (exact) mass is 846 g/mol. The fourth-order valence-electron chi connectivity index (χ4n) is 5.99. The zero-order chi connectivity index (χ0) is 43.0. The number of Topliss-reactive ketones (excluding diaryl/α,β-unsaturated/α-hetero) is 3. The van der Waals surface area contributed by atoms with E-state index in [2.05, 4.69) is 31.6 Å². The van der Waals surface area contributed by atoms with E-state index in [4.69, 9.17) is 9.47 Å². The van der Waals surface area contributed by atoms with Gasteiger partial charge in [-0.25, -0.2) is 18.7 Å². The minimum atomic E-state index is -3.82. The average Bonchev–Trinajstić information content (AvgIpc) is 3.67. The summed E-state index contributed by atoms with van der Waals surface area (Å²) in [5.74, 6) is -5.12. The molecule has 0 saturated carbocycles. The van der Waals surface area contributed by atoms with Crippen molar-refractivity contribution in [1.82, 2.24) is 26.5 Å². The van der Waals surface area contributed by atoms with Crippen LogP contribution >= 0.6 is 0 Å². The molecular weight excluding hydrogens is 781 g/mol. The van der Waals surface area contributed by atoms with Crippen LogP contribution in [0.4, 0.5) is 0 Å². The second-order valence-corrected chi connectivity index (χ2v) is 16.4. The number of carboxylic acids is 2. The van der Waals surface area contributed by atoms with E-state index in [9.17, 15) is 52.2 Å². The lowest BCUT2D eigenvalue weighted by molar-refractivity contribution is -0.145. The summed E-state index contributed by atoms with van der Waals surface area (Å²) in [7, 11) is -3.82. The average molecular weight is 847 g/mol. The zero-order valence-electron chi connectivity index (χ0n) is 34.0. The highest BCUT2D eigenvalue weighted by molar-refractivity contribution is 7.90. The van der Waals surface area contributed by atoms with Crippen LogP contribution in [0.2, 0.25) is 0 Å². The Balaban J connectivity index is 2.02. The number of unbranched alkanes of at least 4 members (excludes halogenated alkanes) is 10. The van der Waals surface area contributed by atoms with Crippen LogP contribution in [0.5, 0.6) is 0 Å². The predicted octanol–water partition coefficient (Wildman–Crippen LogP) is 2.97. The van der Waals surface area contributed by atoms with Gasteiger partial charge in [0.1, 0.15) is 35.8 Å². The molecule has 0 fully saturated rings. The third-order valence-corrected chi connectivity index (χ3v) is 10.6. The molecule has 0 aliphatic carbocycles. The molecule has 19 nitrogen and oxygen atoms in total. The Morgan fingerprint density at radius 1 is 0.672 bits per heavy atom. The molecule has 1 aliphatic heterocycles. The van der Waals surface area contributed by atoms with E-state index >= 15 is 0 Å². The predicted molar refractivity (Wildman–Crippen MR) is 213 cm³/mol. The van der Waals surface area contributed by atoms with Crippen LogP contribution in [0.1, 0.15) is 148 Å². The van der Waals surface area contributed by atoms with Crippen LogP contribution in [0.15, 0.2) is 5.10 Å². The van der Waals surface area contributed by atoms with Crippen LogP contribution in [-0.2, 0) is 53.1 Å². The first kappa shape index (κ1) is 52.0. The molecule has 0 unspecified atom stereocenters. The van der Waals surface area contributed by atoms with Crippen molar-refractivity contribution >= 4 is 57.0 Å². The van der Waals surface area contributed by atoms with Gasteiger partial charge in [-0.2, -0.15) is 0 Å². The molecule has 7 N–H and O–H groups in total. The number of hydrogen-bond acceptors (Lipinski definition) is 15. The summed E-state index contributed by atoms with van der Waals surface area (Å²) in [5, 5.41) is 25.0. The van der Waals surface area contributed by atoms with Crippen molar-refractivity contribution in [3.8, 4) is 0 Å². The number of amides is 2. The first-order valence-electron chi connectivity index (χ1n) is 20.5. The van der Waals surface area contributed by atoms with E-state index in [0.717, 1.165) is 44.4 Å². The number of rotatable bonds is 39. The maximum Gasteiger partial charge on any atom is 0.326 e. The first-order valence-corrected chi connectivity index (χ1v) is 22.1. The maximum absolute atomic E-state index is 12.3. The summed E-state index contributed by atoms with van der Waals surface area (Å²) in [5.41, 5.74) is 8.33. The lowest BCUT2D eigenvalue weighted by Gasteiger charge is -2.15. The number of nitrogens with zero attached hydrogens (tertiary/aromatic N) is 1. The molecule has 2 amide bonds. The molecule has 0 bridgehead atoms. The number of amidine groups is 1. The van der Waals surface area contributed by atoms with Crippen molar-refractivity contribution in [3.05, 3.63) is 0 Å². The molecule has 332 valence electrons. The molecule has 58 heavy (non-hydrogen) atoms. The summed E-state index contributed by atoms with van der Waals surface area (Å²) in [6.07, 6.45) is 12.9. The van der Waals surface area contributed by atoms with Gasteiger partial charge in [-0.3, -0.25) is 34.1 Å². The van der Waals surface area contributed by atoms with Gasteiger partial charge in [0.15, 0.2) is 0 Å². The number of carbonyl (C=O) groups is 7. The van der Waals surface area contributed by atoms with Crippen molar-refractivity contribution < 1.29 is 61.7 Å². The van der Waals surface area contributed by atoms with Gasteiger partial charge in [0.25, 0.3) is 0 Å². The number of hydrazine groups is 2. The number of ketones is 3. The van der Waals surface area contributed by atoms with Gasteiger partial charge in [-0.1, -0.05) is 57.8 Å². The van der Waals surface area contributed by atoms with Gasteiger partial charge >= 0.3 is 11.9 Å². The number of carboxylic acid groups (broad SMARTS) is 2. The molecule has 1 heterocycles. The van der Waals surface area contributed by atoms with E-state index in [0.29, 0.717) is 12.8 Å². The van der Waals surface area contributed by atoms with Crippen molar-refractivity contribution in [1.29, 1.82) is 0 Å². The number of hydrogen-bond donors (Lipinski definition) is 7. The van der Waals surface area contributed by atoms with Gasteiger partial charge in [-0.05, 0) is 45.4 Å². The Morgan fingerprint density at radius 3 is 1.90 bits per heavy atom. The summed E-state index contributed by atoms with van der Waals surface area (Å²) in [6.45, 7) is 1.17. The molecule has 0 radical (unpaired) electrons. The number of ether oxygens (including phenoxy) is 2. The Bertz CT molecular complexity index is 1430. The Labute approximate surface area is 341 Å². The number of nitrogens with one attached hydrogen (secondary N) is 5. The number of sulfonamides is 1. The minimum absolute atomic E-state index is 0.00281. The summed E-state index contributed by atoms with van der Waals surface area (Å²) < 4.78 is 37.2. The molecular formula is C38H66N6O13S. The van der Waals surface area contributed by atoms with Crippen LogP contribution in [-0.4, -0.2) is 104 Å². The van der Waals surface area contributed by atoms with Crippen LogP contribution in [0, 0.1) is 5.92 Å². The van der Waals surface area contributed by atoms with Crippen LogP contribution in [0.25, 0.3) is 0 Å². The topological polar surface area (TPSA) is 285 Å². The van der Waals surface area contributed by atoms with E-state index in [1.54, 1.807) is 0 Å². The molecule has 0 aromatic heterocycles. The number of aliphatic carboxylic acids is 2. The fourth-order valence-corrected chi connectivity index (χ4v) is 7.07. The third-order valence-electron chi connectivity index (χ3n) is 9.27. The lowest BCUT2D eigenvalue weighted by Crippen LogP contribution is -2.42. The maximum atomic E-state index is 12.3. The third kappa shape index (κ3) is 29.2. The molecule has 0 aromatic carbocycles. The SMILES string of the molecule is CC(=O)CC[C@H](CC(=O)CC[C@H](NC(=O)COCCOCCCC(=O)CCCS(=O)(=O)NC(=O)CCCCCCCCCCCCCC1=NNNN1)C(=O)O)C(=O)O. The standard InChI is InChI=1S/C38H66N6O13S/c1-29(45)19-20-30(37(50)51)27-32(47)21-22-33(38(52)53)39-36(49)28-57-25-24-56-23-13-15-31(46)16-14-26-58(54,55)42-35(48)18-12-10-8-6-4-2-3-5-7-9-11-17-34-40-43-44-41-34/h30,33,43-44H,2-28H2,1H3,(H,39,49)(H,40,41)(H,42,48)(H,50,51)(H,52,53)/t30-,33+/m1/s1. The van der Waals surface area contributed by atoms with Crippen molar-refractivity contribution in [2.75, 3.05) is 32.2 Å². The second kappa shape index (κ2) is 31.9. The second-order valence-electron chi connectivity index (χ2n) is 14.6. The molecule has 20 heteroatoms.